The van der Waals surface area contributed by atoms with Gasteiger partial charge < -0.3 is 14.7 Å². The van der Waals surface area contributed by atoms with Crippen LogP contribution in [0.15, 0.2) is 35.1 Å². The van der Waals surface area contributed by atoms with Crippen LogP contribution < -0.4 is 5.32 Å². The van der Waals surface area contributed by atoms with Crippen molar-refractivity contribution in [3.8, 4) is 11.4 Å². The van der Waals surface area contributed by atoms with Gasteiger partial charge in [-0.2, -0.15) is 10.1 Å². The lowest BCUT2D eigenvalue weighted by atomic mass is 9.92. The van der Waals surface area contributed by atoms with Gasteiger partial charge in [0.1, 0.15) is 6.04 Å². The molecule has 1 atom stereocenters. The molecule has 0 aliphatic carbocycles. The standard InChI is InChI=1S/C19H25N7O2/c1-12(17-22-16(25-28-17)13-7-6-8-20-10-13)21-18(27)26(5)11-14-9-15(24-23-14)19(2,3)4/h6-10,12H,11H2,1-5H3,(H,21,27)(H,23,24)/t12-/m1/s1. The third-order valence-corrected chi connectivity index (χ3v) is 4.23. The van der Waals surface area contributed by atoms with Gasteiger partial charge in [-0.3, -0.25) is 10.1 Å². The number of hydrogen-bond acceptors (Lipinski definition) is 6. The molecule has 2 N–H and O–H groups in total. The Kier molecular flexibility index (Phi) is 5.43. The van der Waals surface area contributed by atoms with Gasteiger partial charge in [0.25, 0.3) is 0 Å². The van der Waals surface area contributed by atoms with Crippen LogP contribution in [-0.4, -0.2) is 43.3 Å². The van der Waals surface area contributed by atoms with Crippen molar-refractivity contribution in [2.45, 2.75) is 45.7 Å². The Bertz CT molecular complexity index is 927. The van der Waals surface area contributed by atoms with Crippen molar-refractivity contribution in [2.75, 3.05) is 7.05 Å². The van der Waals surface area contributed by atoms with Crippen LogP contribution in [0.4, 0.5) is 4.79 Å². The summed E-state index contributed by atoms with van der Waals surface area (Å²) in [6.45, 7) is 8.48. The second-order valence-electron chi connectivity index (χ2n) is 7.75. The van der Waals surface area contributed by atoms with Gasteiger partial charge in [-0.25, -0.2) is 4.79 Å². The molecule has 0 bridgehead atoms. The largest absolute Gasteiger partial charge is 0.337 e. The van der Waals surface area contributed by atoms with E-state index in [1.54, 1.807) is 37.3 Å². The summed E-state index contributed by atoms with van der Waals surface area (Å²) in [4.78, 5) is 22.4. The zero-order valence-corrected chi connectivity index (χ0v) is 16.7. The van der Waals surface area contributed by atoms with E-state index in [4.69, 9.17) is 4.52 Å². The normalized spacial score (nSPS) is 12.6. The molecule has 0 saturated heterocycles. The molecule has 0 unspecified atom stereocenters. The predicted molar refractivity (Wildman–Crippen MR) is 103 cm³/mol. The Morgan fingerprint density at radius 2 is 2.18 bits per heavy atom. The van der Waals surface area contributed by atoms with Gasteiger partial charge in [-0.05, 0) is 25.1 Å². The monoisotopic (exact) mass is 383 g/mol. The highest BCUT2D eigenvalue weighted by Gasteiger charge is 2.21. The Balaban J connectivity index is 1.59. The molecule has 3 heterocycles. The van der Waals surface area contributed by atoms with E-state index in [2.05, 4.69) is 51.4 Å². The summed E-state index contributed by atoms with van der Waals surface area (Å²) in [7, 11) is 1.72. The van der Waals surface area contributed by atoms with E-state index >= 15 is 0 Å². The fourth-order valence-electron chi connectivity index (χ4n) is 2.53. The van der Waals surface area contributed by atoms with Gasteiger partial charge in [0.05, 0.1) is 17.9 Å². The van der Waals surface area contributed by atoms with Crippen LogP contribution in [0.5, 0.6) is 0 Å². The summed E-state index contributed by atoms with van der Waals surface area (Å²) in [6.07, 6.45) is 3.33. The van der Waals surface area contributed by atoms with E-state index in [0.717, 1.165) is 17.0 Å². The fourth-order valence-corrected chi connectivity index (χ4v) is 2.53. The van der Waals surface area contributed by atoms with Crippen LogP contribution in [0.25, 0.3) is 11.4 Å². The summed E-state index contributed by atoms with van der Waals surface area (Å²) in [6, 6.07) is 4.94. The number of H-pyrrole nitrogens is 1. The molecule has 0 aliphatic heterocycles. The first-order valence-electron chi connectivity index (χ1n) is 9.04. The van der Waals surface area contributed by atoms with E-state index in [1.807, 2.05) is 12.1 Å². The second kappa shape index (κ2) is 7.79. The number of hydrogen-bond donors (Lipinski definition) is 2. The van der Waals surface area contributed by atoms with E-state index < -0.39 is 6.04 Å². The van der Waals surface area contributed by atoms with Crippen LogP contribution in [0.2, 0.25) is 0 Å². The molecule has 3 rings (SSSR count). The van der Waals surface area contributed by atoms with Crippen LogP contribution in [0.3, 0.4) is 0 Å². The fraction of sp³-hybridized carbons (Fsp3) is 0.421. The number of rotatable bonds is 5. The third kappa shape index (κ3) is 4.54. The molecule has 0 saturated carbocycles. The molecule has 0 radical (unpaired) electrons. The molecule has 28 heavy (non-hydrogen) atoms. The van der Waals surface area contributed by atoms with E-state index in [0.29, 0.717) is 18.3 Å². The highest BCUT2D eigenvalue weighted by molar-refractivity contribution is 5.74. The molecular formula is C19H25N7O2. The van der Waals surface area contributed by atoms with Gasteiger partial charge in [-0.1, -0.05) is 25.9 Å². The van der Waals surface area contributed by atoms with Gasteiger partial charge in [-0.15, -0.1) is 0 Å². The minimum atomic E-state index is -0.431. The molecule has 0 fully saturated rings. The van der Waals surface area contributed by atoms with Crippen molar-refractivity contribution >= 4 is 6.03 Å². The van der Waals surface area contributed by atoms with Gasteiger partial charge in [0, 0.05) is 30.4 Å². The maximum Gasteiger partial charge on any atom is 0.318 e. The van der Waals surface area contributed by atoms with Crippen LogP contribution >= 0.6 is 0 Å². The lowest BCUT2D eigenvalue weighted by Gasteiger charge is -2.19. The second-order valence-corrected chi connectivity index (χ2v) is 7.75. The zero-order chi connectivity index (χ0) is 20.3. The molecular weight excluding hydrogens is 358 g/mol. The Morgan fingerprint density at radius 1 is 1.39 bits per heavy atom. The number of aromatic amines is 1. The molecule has 9 heteroatoms. The SMILES string of the molecule is C[C@@H](NC(=O)N(C)Cc1cc(C(C)(C)C)n[nH]1)c1nc(-c2cccnc2)no1. The molecule has 3 aromatic rings. The number of nitrogens with zero attached hydrogens (tertiary/aromatic N) is 5. The molecule has 9 nitrogen and oxygen atoms in total. The maximum atomic E-state index is 12.5. The first kappa shape index (κ1) is 19.5. The summed E-state index contributed by atoms with van der Waals surface area (Å²) >= 11 is 0. The number of carbonyl (C=O) groups excluding carboxylic acids is 1. The van der Waals surface area contributed by atoms with Gasteiger partial charge in [0.15, 0.2) is 0 Å². The minimum Gasteiger partial charge on any atom is -0.337 e. The van der Waals surface area contributed by atoms with Crippen LogP contribution in [0, 0.1) is 0 Å². The highest BCUT2D eigenvalue weighted by Crippen LogP contribution is 2.21. The molecule has 0 aromatic carbocycles. The molecule has 2 amide bonds. The Hall–Kier alpha value is -3.23. The van der Waals surface area contributed by atoms with Crippen molar-refractivity contribution in [3.63, 3.8) is 0 Å². The zero-order valence-electron chi connectivity index (χ0n) is 16.7. The first-order chi connectivity index (χ1) is 13.2. The van der Waals surface area contributed by atoms with Crippen LogP contribution in [-0.2, 0) is 12.0 Å². The average molecular weight is 383 g/mol. The number of nitrogens with one attached hydrogen (secondary N) is 2. The van der Waals surface area contributed by atoms with Crippen molar-refractivity contribution in [3.05, 3.63) is 47.9 Å². The van der Waals surface area contributed by atoms with Gasteiger partial charge >= 0.3 is 6.03 Å². The number of aromatic nitrogens is 5. The van der Waals surface area contributed by atoms with Crippen molar-refractivity contribution in [1.29, 1.82) is 0 Å². The quantitative estimate of drug-likeness (QED) is 0.700. The van der Waals surface area contributed by atoms with E-state index in [-0.39, 0.29) is 11.4 Å². The number of pyridine rings is 1. The molecule has 3 aromatic heterocycles. The third-order valence-electron chi connectivity index (χ3n) is 4.23. The lowest BCUT2D eigenvalue weighted by Crippen LogP contribution is -2.38. The number of carbonyl (C=O) groups is 1. The van der Waals surface area contributed by atoms with Crippen molar-refractivity contribution in [1.82, 2.24) is 35.5 Å². The molecule has 0 aliphatic rings. The van der Waals surface area contributed by atoms with E-state index in [9.17, 15) is 4.79 Å². The minimum absolute atomic E-state index is 0.0476. The number of urea groups is 1. The Morgan fingerprint density at radius 3 is 2.82 bits per heavy atom. The van der Waals surface area contributed by atoms with Crippen molar-refractivity contribution in [2.24, 2.45) is 0 Å². The molecule has 148 valence electrons. The lowest BCUT2D eigenvalue weighted by molar-refractivity contribution is 0.200. The molecule has 0 spiro atoms. The Labute approximate surface area is 163 Å². The summed E-state index contributed by atoms with van der Waals surface area (Å²) < 4.78 is 5.28. The topological polar surface area (TPSA) is 113 Å². The maximum absolute atomic E-state index is 12.5. The summed E-state index contributed by atoms with van der Waals surface area (Å²) in [5.41, 5.74) is 2.53. The van der Waals surface area contributed by atoms with E-state index in [1.165, 1.54) is 0 Å². The van der Waals surface area contributed by atoms with Crippen molar-refractivity contribution < 1.29 is 9.32 Å². The van der Waals surface area contributed by atoms with Gasteiger partial charge in [0.2, 0.25) is 11.7 Å². The highest BCUT2D eigenvalue weighted by atomic mass is 16.5. The first-order valence-corrected chi connectivity index (χ1v) is 9.04. The smallest absolute Gasteiger partial charge is 0.318 e. The average Bonchev–Trinajstić information content (AvgIpc) is 3.31. The number of amides is 2. The van der Waals surface area contributed by atoms with Crippen LogP contribution in [0.1, 0.15) is 51.0 Å². The summed E-state index contributed by atoms with van der Waals surface area (Å²) in [5, 5.41) is 14.1. The summed E-state index contributed by atoms with van der Waals surface area (Å²) in [5.74, 6) is 0.766. The predicted octanol–water partition coefficient (Wildman–Crippen LogP) is 3.05.